The van der Waals surface area contributed by atoms with E-state index in [-0.39, 0.29) is 47.0 Å². The lowest BCUT2D eigenvalue weighted by Crippen LogP contribution is -2.51. The molecule has 6 saturated carbocycles. The molecule has 0 radical (unpaired) electrons. The number of nitrogens with zero attached hydrogens (tertiary/aromatic N) is 6. The van der Waals surface area contributed by atoms with Crippen molar-refractivity contribution in [3.63, 3.8) is 0 Å². The van der Waals surface area contributed by atoms with E-state index in [0.717, 1.165) is 32.3 Å². The number of rotatable bonds is 12. The number of aromatic nitrogens is 6. The average Bonchev–Trinajstić information content (AvgIpc) is 3.25. The molecule has 2 amide bonds. The standard InChI is InChI=1S/C23H28ClN5O2.C22H28ClN5O2/c1-13(16-2-4-25-5-3-16)27-20(30)12-29-23(31)21(24)19(11-26-29)28-22-17-7-14-6-15(9-17)10-18(22)8-14;1-14(15-8-10-24-11-9-15)26-19(29)13-28-22(30)20(23)18(12-25-28)27-21-16-4-2-5-17(21)7-3-6-16/h2-5,11,13-15,17-18,22,28H,6-10,12H2,1H3,(H,27,30);8-12,14,16-17,21,27H,2-7,13H2,1H3,(H,26,29)/t13-,14?,15?,17?,18?,22?;14-,16?,17?,21?/m11/s1. The van der Waals surface area contributed by atoms with Crippen molar-refractivity contribution in [2.24, 2.45) is 35.5 Å². The van der Waals surface area contributed by atoms with Crippen LogP contribution in [0.15, 0.2) is 71.0 Å². The number of carbonyl (C=O) groups is 2. The molecule has 2 atom stereocenters. The van der Waals surface area contributed by atoms with Crippen LogP contribution < -0.4 is 32.4 Å². The zero-order valence-corrected chi connectivity index (χ0v) is 36.3. The molecule has 4 aromatic heterocycles. The predicted octanol–water partition coefficient (Wildman–Crippen LogP) is 6.96. The van der Waals surface area contributed by atoms with Crippen molar-refractivity contribution >= 4 is 46.4 Å². The number of nitrogens with one attached hydrogen (secondary N) is 4. The van der Waals surface area contributed by atoms with Crippen LogP contribution in [0.5, 0.6) is 0 Å². The van der Waals surface area contributed by atoms with Gasteiger partial charge in [0.25, 0.3) is 11.1 Å². The summed E-state index contributed by atoms with van der Waals surface area (Å²) >= 11 is 12.8. The van der Waals surface area contributed by atoms with Crippen LogP contribution in [0.2, 0.25) is 10.0 Å². The fraction of sp³-hybridized carbons (Fsp3) is 0.556. The SMILES string of the molecule is C[C@@H](NC(=O)Cn1ncc(NC2C3CC4CC(C3)CC2C4)c(Cl)c1=O)c1ccncc1.C[C@@H](NC(=O)Cn1ncc(NC2C3CCCC2CCC3)c(Cl)c1=O)c1ccncc1. The topological polar surface area (TPSA) is 178 Å². The van der Waals surface area contributed by atoms with Gasteiger partial charge in [0.2, 0.25) is 11.8 Å². The molecule has 324 valence electrons. The average molecular weight is 872 g/mol. The Hall–Kier alpha value is -4.82. The van der Waals surface area contributed by atoms with Crippen LogP contribution in [0, 0.1) is 35.5 Å². The van der Waals surface area contributed by atoms with Crippen LogP contribution in [-0.4, -0.2) is 53.4 Å². The summed E-state index contributed by atoms with van der Waals surface area (Å²) in [5.41, 5.74) is 2.15. The highest BCUT2D eigenvalue weighted by Gasteiger charge is 2.48. The number of amides is 2. The zero-order valence-electron chi connectivity index (χ0n) is 34.8. The van der Waals surface area contributed by atoms with Crippen LogP contribution in [0.1, 0.15) is 108 Å². The fourth-order valence-corrected chi connectivity index (χ4v) is 11.5. The van der Waals surface area contributed by atoms with Gasteiger partial charge in [-0.05, 0) is 143 Å². The van der Waals surface area contributed by atoms with Crippen LogP contribution in [0.4, 0.5) is 11.4 Å². The fourth-order valence-electron chi connectivity index (χ4n) is 11.1. The van der Waals surface area contributed by atoms with Gasteiger partial charge in [-0.15, -0.1) is 0 Å². The molecule has 6 aliphatic rings. The molecule has 6 fully saturated rings. The second-order valence-electron chi connectivity index (χ2n) is 18.0. The van der Waals surface area contributed by atoms with Crippen molar-refractivity contribution in [1.82, 2.24) is 40.2 Å². The summed E-state index contributed by atoms with van der Waals surface area (Å²) in [6.07, 6.45) is 23.9. The number of hydrogen-bond donors (Lipinski definition) is 4. The van der Waals surface area contributed by atoms with Crippen molar-refractivity contribution in [2.75, 3.05) is 10.6 Å². The summed E-state index contributed by atoms with van der Waals surface area (Å²) in [6, 6.07) is 7.70. The number of halogens is 2. The Morgan fingerprint density at radius 2 is 1.00 bits per heavy atom. The molecule has 0 spiro atoms. The van der Waals surface area contributed by atoms with Crippen LogP contribution in [0.25, 0.3) is 0 Å². The zero-order chi connectivity index (χ0) is 42.6. The summed E-state index contributed by atoms with van der Waals surface area (Å²) in [7, 11) is 0. The Morgan fingerprint density at radius 1 is 0.623 bits per heavy atom. The molecule has 0 unspecified atom stereocenters. The van der Waals surface area contributed by atoms with Crippen molar-refractivity contribution in [1.29, 1.82) is 0 Å². The van der Waals surface area contributed by atoms with Gasteiger partial charge in [-0.3, -0.25) is 29.1 Å². The van der Waals surface area contributed by atoms with Gasteiger partial charge >= 0.3 is 0 Å². The Labute approximate surface area is 366 Å². The molecule has 4 N–H and O–H groups in total. The molecule has 16 heteroatoms. The molecular formula is C45H56Cl2N10O4. The van der Waals surface area contributed by atoms with Gasteiger partial charge in [-0.2, -0.15) is 10.2 Å². The summed E-state index contributed by atoms with van der Waals surface area (Å²) in [4.78, 5) is 58.3. The number of anilines is 2. The van der Waals surface area contributed by atoms with E-state index < -0.39 is 11.1 Å². The van der Waals surface area contributed by atoms with Gasteiger partial charge in [0.05, 0.1) is 35.9 Å². The summed E-state index contributed by atoms with van der Waals surface area (Å²) in [5.74, 6) is 3.77. The summed E-state index contributed by atoms with van der Waals surface area (Å²) in [6.45, 7) is 3.41. The summed E-state index contributed by atoms with van der Waals surface area (Å²) < 4.78 is 2.24. The lowest BCUT2D eigenvalue weighted by molar-refractivity contribution is -0.123. The lowest BCUT2D eigenvalue weighted by atomic mass is 9.54. The van der Waals surface area contributed by atoms with Gasteiger partial charge in [-0.25, -0.2) is 9.36 Å². The molecule has 0 aliphatic heterocycles. The minimum atomic E-state index is -0.450. The maximum absolute atomic E-state index is 12.8. The highest BCUT2D eigenvalue weighted by molar-refractivity contribution is 6.33. The van der Waals surface area contributed by atoms with Gasteiger partial charge in [-0.1, -0.05) is 36.0 Å². The Kier molecular flexibility index (Phi) is 13.4. The number of fused-ring (bicyclic) bond motifs is 2. The highest BCUT2D eigenvalue weighted by Crippen LogP contribution is 2.54. The molecule has 4 aromatic rings. The molecule has 6 bridgehead atoms. The molecule has 0 aromatic carbocycles. The number of pyridine rings is 2. The maximum atomic E-state index is 12.8. The van der Waals surface area contributed by atoms with E-state index >= 15 is 0 Å². The van der Waals surface area contributed by atoms with Gasteiger partial charge in [0.15, 0.2) is 0 Å². The molecule has 0 saturated heterocycles. The van der Waals surface area contributed by atoms with Crippen LogP contribution in [0.3, 0.4) is 0 Å². The van der Waals surface area contributed by atoms with Crippen molar-refractivity contribution < 1.29 is 9.59 Å². The molecular weight excluding hydrogens is 815 g/mol. The molecule has 4 heterocycles. The predicted molar refractivity (Wildman–Crippen MR) is 235 cm³/mol. The van der Waals surface area contributed by atoms with E-state index in [1.807, 2.05) is 38.1 Å². The second-order valence-corrected chi connectivity index (χ2v) is 18.7. The Balaban J connectivity index is 0.000000169. The van der Waals surface area contributed by atoms with Gasteiger partial charge < -0.3 is 21.3 Å². The van der Waals surface area contributed by atoms with E-state index in [0.29, 0.717) is 47.1 Å². The quantitative estimate of drug-likeness (QED) is 0.116. The largest absolute Gasteiger partial charge is 0.379 e. The third kappa shape index (κ3) is 9.96. The smallest absolute Gasteiger partial charge is 0.288 e. The van der Waals surface area contributed by atoms with E-state index in [1.165, 1.54) is 70.6 Å². The highest BCUT2D eigenvalue weighted by atomic mass is 35.5. The normalized spacial score (nSPS) is 26.9. The molecule has 10 rings (SSSR count). The number of hydrogen-bond acceptors (Lipinski definition) is 10. The third-order valence-electron chi connectivity index (χ3n) is 13.9. The van der Waals surface area contributed by atoms with E-state index in [9.17, 15) is 19.2 Å². The Morgan fingerprint density at radius 3 is 1.39 bits per heavy atom. The van der Waals surface area contributed by atoms with Crippen LogP contribution in [-0.2, 0) is 22.7 Å². The lowest BCUT2D eigenvalue weighted by Gasteiger charge is -2.54. The van der Waals surface area contributed by atoms with Crippen molar-refractivity contribution in [3.8, 4) is 0 Å². The second kappa shape index (κ2) is 19.1. The van der Waals surface area contributed by atoms with Crippen LogP contribution >= 0.6 is 23.2 Å². The first-order chi connectivity index (χ1) is 29.5. The monoisotopic (exact) mass is 870 g/mol. The minimum absolute atomic E-state index is 0.101. The molecule has 14 nitrogen and oxygen atoms in total. The molecule has 61 heavy (non-hydrogen) atoms. The van der Waals surface area contributed by atoms with Gasteiger partial charge in [0.1, 0.15) is 23.1 Å². The molecule has 6 aliphatic carbocycles. The minimum Gasteiger partial charge on any atom is -0.379 e. The maximum Gasteiger partial charge on any atom is 0.288 e. The van der Waals surface area contributed by atoms with Crippen molar-refractivity contribution in [3.05, 3.63) is 103 Å². The Bertz CT molecular complexity index is 2240. The first-order valence-electron chi connectivity index (χ1n) is 21.9. The van der Waals surface area contributed by atoms with E-state index in [1.54, 1.807) is 37.2 Å². The first kappa shape index (κ1) is 42.9. The van der Waals surface area contributed by atoms with Gasteiger partial charge in [0, 0.05) is 36.9 Å². The third-order valence-corrected chi connectivity index (χ3v) is 14.6. The number of carbonyl (C=O) groups excluding carboxylic acids is 2. The first-order valence-corrected chi connectivity index (χ1v) is 22.7. The van der Waals surface area contributed by atoms with E-state index in [4.69, 9.17) is 23.2 Å². The van der Waals surface area contributed by atoms with E-state index in [2.05, 4.69) is 41.4 Å². The summed E-state index contributed by atoms with van der Waals surface area (Å²) in [5, 5.41) is 21.5. The van der Waals surface area contributed by atoms with Crippen molar-refractivity contribution in [2.45, 2.75) is 122 Å².